The summed E-state index contributed by atoms with van der Waals surface area (Å²) >= 11 is 0. The van der Waals surface area contributed by atoms with Gasteiger partial charge in [0.05, 0.1) is 0 Å². The Morgan fingerprint density at radius 3 is 2.41 bits per heavy atom. The minimum absolute atomic E-state index is 0.162. The molecule has 1 aliphatic heterocycles. The zero-order valence-corrected chi connectivity index (χ0v) is 10.1. The molecule has 1 saturated heterocycles. The van der Waals surface area contributed by atoms with Gasteiger partial charge in [0.1, 0.15) is 6.42 Å². The number of nitrogens with zero attached hydrogens (tertiary/aromatic N) is 2. The standard InChI is InChI=1S/C12H18N2O3/c1-3-5-6-8-14-11(16)9-10(15)13(7-4-2)12(14)17/h4H,2-3,5-9H2,1H3. The number of unbranched alkanes of at least 4 members (excludes halogenated alkanes) is 2. The van der Waals surface area contributed by atoms with E-state index in [4.69, 9.17) is 0 Å². The Kier molecular flexibility index (Phi) is 4.87. The fraction of sp³-hybridized carbons (Fsp3) is 0.583. The summed E-state index contributed by atoms with van der Waals surface area (Å²) in [6.45, 7) is 6.10. The SMILES string of the molecule is C=CCN1C(=O)CC(=O)N(CCCCC)C1=O. The van der Waals surface area contributed by atoms with E-state index in [0.29, 0.717) is 6.54 Å². The van der Waals surface area contributed by atoms with Gasteiger partial charge in [-0.25, -0.2) is 4.79 Å². The maximum absolute atomic E-state index is 11.9. The van der Waals surface area contributed by atoms with Gasteiger partial charge in [0, 0.05) is 13.1 Å². The van der Waals surface area contributed by atoms with Crippen LogP contribution in [0.1, 0.15) is 32.6 Å². The van der Waals surface area contributed by atoms with Crippen molar-refractivity contribution < 1.29 is 14.4 Å². The summed E-state index contributed by atoms with van der Waals surface area (Å²) in [6, 6.07) is -0.512. The van der Waals surface area contributed by atoms with E-state index in [0.717, 1.165) is 24.2 Å². The van der Waals surface area contributed by atoms with Gasteiger partial charge in [-0.05, 0) is 6.42 Å². The van der Waals surface area contributed by atoms with E-state index in [9.17, 15) is 14.4 Å². The molecule has 4 amide bonds. The predicted octanol–water partition coefficient (Wildman–Crippen LogP) is 1.54. The van der Waals surface area contributed by atoms with Crippen molar-refractivity contribution in [2.45, 2.75) is 32.6 Å². The van der Waals surface area contributed by atoms with E-state index in [-0.39, 0.29) is 13.0 Å². The van der Waals surface area contributed by atoms with Gasteiger partial charge >= 0.3 is 6.03 Å². The molecule has 1 rings (SSSR count). The summed E-state index contributed by atoms with van der Waals surface area (Å²) in [5, 5.41) is 0. The van der Waals surface area contributed by atoms with Gasteiger partial charge in [-0.2, -0.15) is 0 Å². The van der Waals surface area contributed by atoms with Crippen LogP contribution in [0.2, 0.25) is 0 Å². The Labute approximate surface area is 101 Å². The van der Waals surface area contributed by atoms with Gasteiger partial charge in [-0.1, -0.05) is 25.8 Å². The van der Waals surface area contributed by atoms with Crippen LogP contribution in [0, 0.1) is 0 Å². The van der Waals surface area contributed by atoms with Crippen molar-refractivity contribution in [1.82, 2.24) is 9.80 Å². The highest BCUT2D eigenvalue weighted by atomic mass is 16.2. The molecular formula is C12H18N2O3. The monoisotopic (exact) mass is 238 g/mol. The van der Waals surface area contributed by atoms with Crippen molar-refractivity contribution >= 4 is 17.8 Å². The first-order chi connectivity index (χ1) is 8.11. The minimum Gasteiger partial charge on any atom is -0.274 e. The number of rotatable bonds is 6. The lowest BCUT2D eigenvalue weighted by atomic mass is 10.2. The number of amides is 4. The van der Waals surface area contributed by atoms with Crippen LogP contribution in [-0.4, -0.2) is 40.7 Å². The normalized spacial score (nSPS) is 16.6. The molecule has 1 fully saturated rings. The number of carbonyl (C=O) groups is 3. The third-order valence-corrected chi connectivity index (χ3v) is 2.66. The van der Waals surface area contributed by atoms with Crippen LogP contribution < -0.4 is 0 Å². The summed E-state index contributed by atoms with van der Waals surface area (Å²) in [6.07, 6.45) is 4.03. The lowest BCUT2D eigenvalue weighted by Crippen LogP contribution is -2.55. The van der Waals surface area contributed by atoms with Gasteiger partial charge in [-0.3, -0.25) is 19.4 Å². The van der Waals surface area contributed by atoms with Crippen molar-refractivity contribution in [1.29, 1.82) is 0 Å². The zero-order chi connectivity index (χ0) is 12.8. The molecule has 0 aliphatic carbocycles. The van der Waals surface area contributed by atoms with E-state index in [1.54, 1.807) is 0 Å². The number of hydrogen-bond acceptors (Lipinski definition) is 3. The molecule has 5 nitrogen and oxygen atoms in total. The number of carbonyl (C=O) groups excluding carboxylic acids is 3. The van der Waals surface area contributed by atoms with Crippen LogP contribution in [0.5, 0.6) is 0 Å². The fourth-order valence-electron chi connectivity index (χ4n) is 1.73. The van der Waals surface area contributed by atoms with Crippen molar-refractivity contribution in [3.05, 3.63) is 12.7 Å². The summed E-state index contributed by atoms with van der Waals surface area (Å²) in [5.74, 6) is -0.831. The Morgan fingerprint density at radius 2 is 1.82 bits per heavy atom. The maximum Gasteiger partial charge on any atom is 0.333 e. The molecular weight excluding hydrogens is 220 g/mol. The molecule has 0 atom stereocenters. The molecule has 0 aromatic carbocycles. The van der Waals surface area contributed by atoms with Gasteiger partial charge < -0.3 is 0 Å². The number of barbiturate groups is 1. The molecule has 17 heavy (non-hydrogen) atoms. The smallest absolute Gasteiger partial charge is 0.274 e. The summed E-state index contributed by atoms with van der Waals surface area (Å²) < 4.78 is 0. The first-order valence-corrected chi connectivity index (χ1v) is 5.87. The van der Waals surface area contributed by atoms with Crippen LogP contribution in [0.15, 0.2) is 12.7 Å². The van der Waals surface area contributed by atoms with Crippen LogP contribution in [-0.2, 0) is 9.59 Å². The molecule has 0 saturated carbocycles. The number of imide groups is 2. The quantitative estimate of drug-likeness (QED) is 0.400. The van der Waals surface area contributed by atoms with E-state index in [1.807, 2.05) is 6.92 Å². The summed E-state index contributed by atoms with van der Waals surface area (Å²) in [4.78, 5) is 37.2. The second kappa shape index (κ2) is 6.18. The largest absolute Gasteiger partial charge is 0.333 e. The molecule has 0 bridgehead atoms. The van der Waals surface area contributed by atoms with E-state index >= 15 is 0 Å². The topological polar surface area (TPSA) is 57.7 Å². The van der Waals surface area contributed by atoms with Crippen LogP contribution in [0.4, 0.5) is 4.79 Å². The van der Waals surface area contributed by atoms with Crippen molar-refractivity contribution in [3.63, 3.8) is 0 Å². The Hall–Kier alpha value is -1.65. The van der Waals surface area contributed by atoms with Crippen LogP contribution in [0.25, 0.3) is 0 Å². The lowest BCUT2D eigenvalue weighted by Gasteiger charge is -2.32. The second-order valence-electron chi connectivity index (χ2n) is 4.00. The van der Waals surface area contributed by atoms with Gasteiger partial charge in [0.15, 0.2) is 0 Å². The van der Waals surface area contributed by atoms with Crippen molar-refractivity contribution in [3.8, 4) is 0 Å². The summed E-state index contributed by atoms with van der Waals surface area (Å²) in [5.41, 5.74) is 0. The first kappa shape index (κ1) is 13.4. The van der Waals surface area contributed by atoms with Gasteiger partial charge in [0.25, 0.3) is 0 Å². The van der Waals surface area contributed by atoms with Gasteiger partial charge in [-0.15, -0.1) is 6.58 Å². The maximum atomic E-state index is 11.9. The van der Waals surface area contributed by atoms with Crippen LogP contribution in [0.3, 0.4) is 0 Å². The summed E-state index contributed by atoms with van der Waals surface area (Å²) in [7, 11) is 0. The highest BCUT2D eigenvalue weighted by Crippen LogP contribution is 2.13. The third-order valence-electron chi connectivity index (χ3n) is 2.66. The van der Waals surface area contributed by atoms with Gasteiger partial charge in [0.2, 0.25) is 11.8 Å². The molecule has 1 aliphatic rings. The molecule has 0 N–H and O–H groups in total. The molecule has 0 aromatic heterocycles. The van der Waals surface area contributed by atoms with Crippen molar-refractivity contribution in [2.24, 2.45) is 0 Å². The van der Waals surface area contributed by atoms with E-state index < -0.39 is 17.8 Å². The molecule has 0 aromatic rings. The fourth-order valence-corrected chi connectivity index (χ4v) is 1.73. The van der Waals surface area contributed by atoms with Crippen LogP contribution >= 0.6 is 0 Å². The predicted molar refractivity (Wildman–Crippen MR) is 63.2 cm³/mol. The number of hydrogen-bond donors (Lipinski definition) is 0. The molecule has 5 heteroatoms. The lowest BCUT2D eigenvalue weighted by molar-refractivity contribution is -0.142. The average molecular weight is 238 g/mol. The minimum atomic E-state index is -0.512. The molecule has 94 valence electrons. The Bertz CT molecular complexity index is 339. The second-order valence-corrected chi connectivity index (χ2v) is 4.00. The Balaban J connectivity index is 2.68. The molecule has 0 spiro atoms. The Morgan fingerprint density at radius 1 is 1.18 bits per heavy atom. The number of urea groups is 1. The molecule has 0 unspecified atom stereocenters. The molecule has 0 radical (unpaired) electrons. The highest BCUT2D eigenvalue weighted by Gasteiger charge is 2.36. The van der Waals surface area contributed by atoms with E-state index in [2.05, 4.69) is 6.58 Å². The first-order valence-electron chi connectivity index (χ1n) is 5.87. The highest BCUT2D eigenvalue weighted by molar-refractivity contribution is 6.14. The molecule has 1 heterocycles. The third kappa shape index (κ3) is 3.15. The zero-order valence-electron chi connectivity index (χ0n) is 10.1. The average Bonchev–Trinajstić information content (AvgIpc) is 2.29. The van der Waals surface area contributed by atoms with E-state index in [1.165, 1.54) is 11.0 Å². The van der Waals surface area contributed by atoms with Crippen molar-refractivity contribution in [2.75, 3.05) is 13.1 Å².